The molecule has 4 saturated heterocycles. The van der Waals surface area contributed by atoms with Gasteiger partial charge in [0.2, 0.25) is 18.0 Å². The summed E-state index contributed by atoms with van der Waals surface area (Å²) < 4.78 is 18.3. The summed E-state index contributed by atoms with van der Waals surface area (Å²) in [6, 6.07) is 3.52. The number of phenols is 1. The van der Waals surface area contributed by atoms with Crippen LogP contribution in [0.5, 0.6) is 5.75 Å². The molecule has 1 saturated carbocycles. The first-order valence-corrected chi connectivity index (χ1v) is 14.7. The second-order valence-electron chi connectivity index (χ2n) is 12.5. The molecule has 5 aliphatic rings. The number of hydrogen-bond donors (Lipinski definition) is 4. The van der Waals surface area contributed by atoms with E-state index in [0.717, 1.165) is 24.8 Å². The van der Waals surface area contributed by atoms with E-state index in [4.69, 9.17) is 24.0 Å². The third kappa shape index (κ3) is 5.04. The van der Waals surface area contributed by atoms with Crippen molar-refractivity contribution in [1.82, 2.24) is 10.3 Å². The molecule has 0 radical (unpaired) electrons. The smallest absolute Gasteiger partial charge is 0.326 e. The van der Waals surface area contributed by atoms with E-state index in [1.807, 2.05) is 13.8 Å². The number of ether oxygens (including phenoxy) is 3. The van der Waals surface area contributed by atoms with E-state index in [2.05, 4.69) is 17.2 Å². The topological polar surface area (TPSA) is 166 Å². The van der Waals surface area contributed by atoms with Gasteiger partial charge in [-0.05, 0) is 61.8 Å². The number of nitrogens with one attached hydrogen (secondary N) is 2. The van der Waals surface area contributed by atoms with Crippen molar-refractivity contribution in [3.8, 4) is 5.75 Å². The molecule has 5 fully saturated rings. The lowest BCUT2D eigenvalue weighted by atomic mass is 9.58. The Bertz CT molecular complexity index is 1380. The number of aromatic amines is 1. The molecule has 5 heterocycles. The van der Waals surface area contributed by atoms with Crippen molar-refractivity contribution in [1.29, 1.82) is 0 Å². The Labute approximate surface area is 242 Å². The van der Waals surface area contributed by atoms with E-state index >= 15 is 0 Å². The van der Waals surface area contributed by atoms with Crippen molar-refractivity contribution in [2.75, 3.05) is 0 Å². The quantitative estimate of drug-likeness (QED) is 0.266. The van der Waals surface area contributed by atoms with Gasteiger partial charge in [-0.25, -0.2) is 14.6 Å². The zero-order valence-electron chi connectivity index (χ0n) is 24.0. The average Bonchev–Trinajstić information content (AvgIpc) is 3.19. The Morgan fingerprint density at radius 2 is 1.95 bits per heavy atom. The minimum absolute atomic E-state index is 0.00273. The average molecular weight is 587 g/mol. The van der Waals surface area contributed by atoms with E-state index in [1.165, 1.54) is 12.1 Å². The van der Waals surface area contributed by atoms with Gasteiger partial charge in [0.05, 0.1) is 6.42 Å². The fraction of sp³-hybridized carbons (Fsp3) is 0.633. The van der Waals surface area contributed by atoms with Gasteiger partial charge in [0, 0.05) is 48.2 Å². The highest BCUT2D eigenvalue weighted by molar-refractivity contribution is 5.88. The van der Waals surface area contributed by atoms with Crippen LogP contribution in [-0.2, 0) is 44.8 Å². The Morgan fingerprint density at radius 1 is 1.14 bits per heavy atom. The van der Waals surface area contributed by atoms with Crippen molar-refractivity contribution < 1.29 is 48.6 Å². The maximum absolute atomic E-state index is 12.9. The Hall–Kier alpha value is -3.19. The predicted octanol–water partition coefficient (Wildman–Crippen LogP) is 3.52. The number of carboxylic acids is 1. The summed E-state index contributed by atoms with van der Waals surface area (Å²) in [6.45, 7) is 6.01. The number of carbonyl (C=O) groups is 3. The second kappa shape index (κ2) is 10.8. The Kier molecular flexibility index (Phi) is 7.45. The minimum atomic E-state index is -1.22. The number of aromatic hydroxyl groups is 1. The summed E-state index contributed by atoms with van der Waals surface area (Å²) >= 11 is 0. The SMILES string of the molecule is C[C@H]1[C@H](OC(=O)CCC(=O)N[C@@H](Cc2c[nH]c3ccc(O)cc23)C(=O)O)O[C@@H]2O[C@]3(C)CC[C@H]4[C@H](C)CC[C@@H]1[C@]24OO3. The largest absolute Gasteiger partial charge is 0.508 e. The number of esters is 1. The van der Waals surface area contributed by atoms with E-state index < -0.39 is 47.9 Å². The molecule has 2 bridgehead atoms. The lowest BCUT2D eigenvalue weighted by Gasteiger charge is -2.59. The molecular formula is C30H38N2O10. The normalized spacial score (nSPS) is 36.1. The highest BCUT2D eigenvalue weighted by Gasteiger charge is 2.69. The number of hydrogen-bond acceptors (Lipinski definition) is 9. The van der Waals surface area contributed by atoms with Crippen LogP contribution in [0.4, 0.5) is 0 Å². The van der Waals surface area contributed by atoms with Crippen LogP contribution in [0.3, 0.4) is 0 Å². The Morgan fingerprint density at radius 3 is 2.74 bits per heavy atom. The molecule has 228 valence electrons. The summed E-state index contributed by atoms with van der Waals surface area (Å²) in [4.78, 5) is 52.4. The summed E-state index contributed by atoms with van der Waals surface area (Å²) in [5.41, 5.74) is 0.594. The fourth-order valence-corrected chi connectivity index (χ4v) is 7.43. The minimum Gasteiger partial charge on any atom is -0.508 e. The van der Waals surface area contributed by atoms with Gasteiger partial charge in [-0.3, -0.25) is 9.59 Å². The van der Waals surface area contributed by atoms with Crippen molar-refractivity contribution in [2.45, 2.75) is 95.7 Å². The lowest BCUT2D eigenvalue weighted by Crippen LogP contribution is -2.70. The van der Waals surface area contributed by atoms with E-state index in [1.54, 1.807) is 12.3 Å². The third-order valence-corrected chi connectivity index (χ3v) is 9.71. The van der Waals surface area contributed by atoms with Crippen molar-refractivity contribution >= 4 is 28.7 Å². The first-order valence-electron chi connectivity index (χ1n) is 14.7. The molecule has 1 aliphatic carbocycles. The number of carboxylic acid groups (broad SMARTS) is 1. The lowest BCUT2D eigenvalue weighted by molar-refractivity contribution is -0.576. The summed E-state index contributed by atoms with van der Waals surface area (Å²) in [7, 11) is 0. The maximum atomic E-state index is 12.9. The van der Waals surface area contributed by atoms with Crippen LogP contribution >= 0.6 is 0 Å². The summed E-state index contributed by atoms with van der Waals surface area (Å²) in [6.07, 6.45) is 2.94. The fourth-order valence-electron chi connectivity index (χ4n) is 7.43. The number of carbonyl (C=O) groups excluding carboxylic acids is 2. The third-order valence-electron chi connectivity index (χ3n) is 9.71. The number of amides is 1. The molecule has 1 aromatic heterocycles. The zero-order valence-corrected chi connectivity index (χ0v) is 24.0. The van der Waals surface area contributed by atoms with Crippen LogP contribution in [0, 0.1) is 23.7 Å². The van der Waals surface area contributed by atoms with Gasteiger partial charge in [0.1, 0.15) is 11.8 Å². The van der Waals surface area contributed by atoms with Crippen LogP contribution in [0.1, 0.15) is 64.9 Å². The molecule has 4 N–H and O–H groups in total. The van der Waals surface area contributed by atoms with Gasteiger partial charge in [0.25, 0.3) is 0 Å². The summed E-state index contributed by atoms with van der Waals surface area (Å²) in [5.74, 6) is -2.94. The number of H-pyrrole nitrogens is 1. The molecule has 0 unspecified atom stereocenters. The van der Waals surface area contributed by atoms with Gasteiger partial charge in [-0.2, -0.15) is 0 Å². The first-order chi connectivity index (χ1) is 20.0. The van der Waals surface area contributed by atoms with E-state index in [-0.39, 0.29) is 42.8 Å². The molecule has 7 rings (SSSR count). The van der Waals surface area contributed by atoms with Crippen molar-refractivity contribution in [3.63, 3.8) is 0 Å². The van der Waals surface area contributed by atoms with Crippen LogP contribution in [0.15, 0.2) is 24.4 Å². The molecule has 12 nitrogen and oxygen atoms in total. The Balaban J connectivity index is 1.07. The number of rotatable bonds is 8. The molecule has 1 aromatic carbocycles. The zero-order chi connectivity index (χ0) is 29.8. The van der Waals surface area contributed by atoms with E-state index in [0.29, 0.717) is 23.3 Å². The molecule has 1 amide bonds. The molecule has 1 spiro atoms. The van der Waals surface area contributed by atoms with Crippen LogP contribution in [-0.4, -0.2) is 63.1 Å². The number of aromatic nitrogens is 1. The number of phenolic OH excluding ortho intramolecular Hbond substituents is 1. The van der Waals surface area contributed by atoms with Crippen LogP contribution in [0.25, 0.3) is 10.9 Å². The van der Waals surface area contributed by atoms with Gasteiger partial charge in [0.15, 0.2) is 11.9 Å². The molecule has 4 aliphatic heterocycles. The van der Waals surface area contributed by atoms with Crippen molar-refractivity contribution in [2.24, 2.45) is 23.7 Å². The molecule has 9 atom stereocenters. The number of aliphatic carboxylic acids is 1. The molecule has 2 aromatic rings. The van der Waals surface area contributed by atoms with E-state index in [9.17, 15) is 24.6 Å². The van der Waals surface area contributed by atoms with Crippen LogP contribution in [0.2, 0.25) is 0 Å². The van der Waals surface area contributed by atoms with Crippen LogP contribution < -0.4 is 5.32 Å². The predicted molar refractivity (Wildman–Crippen MR) is 145 cm³/mol. The second-order valence-corrected chi connectivity index (χ2v) is 12.5. The highest BCUT2D eigenvalue weighted by Crippen LogP contribution is 2.60. The highest BCUT2D eigenvalue weighted by atomic mass is 17.3. The standard InChI is InChI=1S/C30H38N2O10/c1-15-4-6-21-16(2)27(39-28-30(21)20(15)10-11-29(3,40-28)41-42-30)38-25(35)9-8-24(34)32-23(26(36)37)12-17-14-31-22-7-5-18(33)13-19(17)22/h5,7,13-16,20-21,23,27-28,31,33H,4,6,8-12H2,1-3H3,(H,32,34)(H,36,37)/t15-,16-,20+,21+,23+,27-,28-,29+,30+/m1/s1. The molecule has 42 heavy (non-hydrogen) atoms. The van der Waals surface area contributed by atoms with Gasteiger partial charge >= 0.3 is 11.9 Å². The monoisotopic (exact) mass is 586 g/mol. The number of benzene rings is 1. The molecular weight excluding hydrogens is 548 g/mol. The van der Waals surface area contributed by atoms with Gasteiger partial charge in [-0.1, -0.05) is 13.8 Å². The summed E-state index contributed by atoms with van der Waals surface area (Å²) in [5, 5.41) is 22.7. The molecule has 12 heteroatoms. The van der Waals surface area contributed by atoms with Crippen molar-refractivity contribution in [3.05, 3.63) is 30.0 Å². The first kappa shape index (κ1) is 28.9. The number of fused-ring (bicyclic) bond motifs is 3. The van der Waals surface area contributed by atoms with Gasteiger partial charge < -0.3 is 34.7 Å². The maximum Gasteiger partial charge on any atom is 0.326 e. The van der Waals surface area contributed by atoms with Gasteiger partial charge in [-0.15, -0.1) is 0 Å².